The molecule has 36 heavy (non-hydrogen) atoms. The van der Waals surface area contributed by atoms with Gasteiger partial charge < -0.3 is 4.90 Å². The summed E-state index contributed by atoms with van der Waals surface area (Å²) < 4.78 is 0. The van der Waals surface area contributed by atoms with E-state index < -0.39 is 0 Å². The van der Waals surface area contributed by atoms with Crippen LogP contribution in [0.1, 0.15) is 44.1 Å². The van der Waals surface area contributed by atoms with E-state index in [-0.39, 0.29) is 0 Å². The summed E-state index contributed by atoms with van der Waals surface area (Å²) in [5.41, 5.74) is 9.62. The van der Waals surface area contributed by atoms with Crippen molar-refractivity contribution < 1.29 is 0 Å². The van der Waals surface area contributed by atoms with E-state index in [9.17, 15) is 0 Å². The average molecular weight is 470 g/mol. The van der Waals surface area contributed by atoms with E-state index in [2.05, 4.69) is 115 Å². The molecular formula is C35H35N. The van der Waals surface area contributed by atoms with Crippen LogP contribution in [0.5, 0.6) is 0 Å². The number of hydrogen-bond acceptors (Lipinski definition) is 1. The highest BCUT2D eigenvalue weighted by molar-refractivity contribution is 5.72. The molecule has 4 saturated carbocycles. The summed E-state index contributed by atoms with van der Waals surface area (Å²) in [6, 6.07) is 38.1. The molecule has 4 aromatic rings. The van der Waals surface area contributed by atoms with Crippen molar-refractivity contribution in [3.63, 3.8) is 0 Å². The number of nitrogens with zero attached hydrogens (tertiary/aromatic N) is 1. The van der Waals surface area contributed by atoms with Gasteiger partial charge in [0.15, 0.2) is 0 Å². The van der Waals surface area contributed by atoms with Crippen molar-refractivity contribution in [2.45, 2.75) is 43.9 Å². The van der Waals surface area contributed by atoms with Gasteiger partial charge in [0.05, 0.1) is 0 Å². The van der Waals surface area contributed by atoms with E-state index in [4.69, 9.17) is 0 Å². The van der Waals surface area contributed by atoms with E-state index >= 15 is 0 Å². The van der Waals surface area contributed by atoms with Crippen LogP contribution in [0.3, 0.4) is 0 Å². The van der Waals surface area contributed by atoms with Gasteiger partial charge in [-0.2, -0.15) is 0 Å². The van der Waals surface area contributed by atoms with Crippen LogP contribution >= 0.6 is 0 Å². The van der Waals surface area contributed by atoms with Crippen molar-refractivity contribution in [3.05, 3.63) is 109 Å². The minimum absolute atomic E-state index is 0.482. The predicted octanol–water partition coefficient (Wildman–Crippen LogP) is 9.26. The fraction of sp³-hybridized carbons (Fsp3) is 0.314. The normalized spacial score (nSPS) is 26.2. The van der Waals surface area contributed by atoms with Gasteiger partial charge in [-0.05, 0) is 114 Å². The molecule has 180 valence electrons. The van der Waals surface area contributed by atoms with Gasteiger partial charge in [-0.25, -0.2) is 0 Å². The Morgan fingerprint density at radius 1 is 0.500 bits per heavy atom. The Hall–Kier alpha value is -3.32. The molecule has 0 saturated heterocycles. The summed E-state index contributed by atoms with van der Waals surface area (Å²) in [6.07, 6.45) is 8.84. The standard InChI is InChI=1S/C35H35N/c1-36(33-15-9-30(10-16-33)28-5-3-2-4-6-28)34-17-11-31(12-18-34)29-7-13-32(14-8-29)35-22-25-19-26(23-35)21-27(20-25)24-35/h2-18,25-27H,19-24H2,1H3. The lowest BCUT2D eigenvalue weighted by atomic mass is 9.48. The summed E-state index contributed by atoms with van der Waals surface area (Å²) in [6.45, 7) is 0. The summed E-state index contributed by atoms with van der Waals surface area (Å²) in [5.74, 6) is 2.99. The smallest absolute Gasteiger partial charge is 0.0408 e. The van der Waals surface area contributed by atoms with Gasteiger partial charge in [-0.15, -0.1) is 0 Å². The third-order valence-electron chi connectivity index (χ3n) is 9.49. The molecule has 0 amide bonds. The van der Waals surface area contributed by atoms with E-state index in [0.29, 0.717) is 5.41 Å². The zero-order valence-corrected chi connectivity index (χ0v) is 21.2. The lowest BCUT2D eigenvalue weighted by Crippen LogP contribution is -2.48. The maximum atomic E-state index is 2.46. The van der Waals surface area contributed by atoms with Gasteiger partial charge in [-0.1, -0.05) is 78.9 Å². The zero-order valence-electron chi connectivity index (χ0n) is 21.2. The second-order valence-corrected chi connectivity index (χ2v) is 11.8. The van der Waals surface area contributed by atoms with E-state index in [1.807, 2.05) is 0 Å². The maximum absolute atomic E-state index is 2.46. The van der Waals surface area contributed by atoms with Gasteiger partial charge in [0, 0.05) is 18.4 Å². The topological polar surface area (TPSA) is 3.24 Å². The highest BCUT2D eigenvalue weighted by atomic mass is 15.1. The lowest BCUT2D eigenvalue weighted by molar-refractivity contribution is -0.00518. The van der Waals surface area contributed by atoms with Gasteiger partial charge in [0.25, 0.3) is 0 Å². The van der Waals surface area contributed by atoms with Crippen molar-refractivity contribution >= 4 is 11.4 Å². The number of anilines is 2. The van der Waals surface area contributed by atoms with Crippen molar-refractivity contribution in [3.8, 4) is 22.3 Å². The Labute approximate surface area is 215 Å². The molecule has 8 rings (SSSR count). The zero-order chi connectivity index (χ0) is 24.1. The quantitative estimate of drug-likeness (QED) is 0.281. The van der Waals surface area contributed by atoms with Gasteiger partial charge in [0.1, 0.15) is 0 Å². The second kappa shape index (κ2) is 8.66. The van der Waals surface area contributed by atoms with Crippen LogP contribution < -0.4 is 4.90 Å². The fourth-order valence-electron chi connectivity index (χ4n) is 8.02. The van der Waals surface area contributed by atoms with E-state index in [1.165, 1.54) is 72.2 Å². The molecule has 4 fully saturated rings. The SMILES string of the molecule is CN(c1ccc(-c2ccccc2)cc1)c1ccc(-c2ccc(C34CC5CC(CC(C5)C3)C4)cc2)cc1. The van der Waals surface area contributed by atoms with E-state index in [1.54, 1.807) is 5.56 Å². The molecule has 4 aromatic carbocycles. The van der Waals surface area contributed by atoms with Crippen LogP contribution in [0, 0.1) is 17.8 Å². The van der Waals surface area contributed by atoms with Crippen LogP contribution in [0.2, 0.25) is 0 Å². The van der Waals surface area contributed by atoms with Crippen LogP contribution in [0.4, 0.5) is 11.4 Å². The highest BCUT2D eigenvalue weighted by Crippen LogP contribution is 2.60. The van der Waals surface area contributed by atoms with Gasteiger partial charge in [0.2, 0.25) is 0 Å². The van der Waals surface area contributed by atoms with Crippen LogP contribution in [-0.4, -0.2) is 7.05 Å². The average Bonchev–Trinajstić information content (AvgIpc) is 2.93. The van der Waals surface area contributed by atoms with Crippen LogP contribution in [0.25, 0.3) is 22.3 Å². The van der Waals surface area contributed by atoms with Crippen molar-refractivity contribution in [2.24, 2.45) is 17.8 Å². The van der Waals surface area contributed by atoms with Crippen molar-refractivity contribution in [2.75, 3.05) is 11.9 Å². The molecule has 0 spiro atoms. The number of hydrogen-bond donors (Lipinski definition) is 0. The molecule has 0 aromatic heterocycles. The minimum atomic E-state index is 0.482. The molecule has 0 N–H and O–H groups in total. The third-order valence-corrected chi connectivity index (χ3v) is 9.49. The number of benzene rings is 4. The predicted molar refractivity (Wildman–Crippen MR) is 152 cm³/mol. The Balaban J connectivity index is 1.07. The first-order valence-electron chi connectivity index (χ1n) is 13.8. The Bertz CT molecular complexity index is 1300. The lowest BCUT2D eigenvalue weighted by Gasteiger charge is -2.57. The minimum Gasteiger partial charge on any atom is -0.345 e. The molecule has 4 bridgehead atoms. The summed E-state index contributed by atoms with van der Waals surface area (Å²) in [5, 5.41) is 0. The third kappa shape index (κ3) is 3.86. The number of rotatable bonds is 5. The molecule has 1 heteroatoms. The van der Waals surface area contributed by atoms with Crippen LogP contribution in [-0.2, 0) is 5.41 Å². The molecule has 0 unspecified atom stereocenters. The fourth-order valence-corrected chi connectivity index (χ4v) is 8.02. The van der Waals surface area contributed by atoms with Gasteiger partial charge in [-0.3, -0.25) is 0 Å². The van der Waals surface area contributed by atoms with Crippen LogP contribution in [0.15, 0.2) is 103 Å². The van der Waals surface area contributed by atoms with E-state index in [0.717, 1.165) is 17.8 Å². The molecule has 1 nitrogen and oxygen atoms in total. The first kappa shape index (κ1) is 21.9. The molecule has 4 aliphatic rings. The Morgan fingerprint density at radius 2 is 0.889 bits per heavy atom. The first-order chi connectivity index (χ1) is 17.6. The Kier molecular flexibility index (Phi) is 5.27. The first-order valence-corrected chi connectivity index (χ1v) is 13.8. The molecule has 0 radical (unpaired) electrons. The molecule has 0 atom stereocenters. The molecule has 0 aliphatic heterocycles. The van der Waals surface area contributed by atoms with Crippen molar-refractivity contribution in [1.82, 2.24) is 0 Å². The second-order valence-electron chi connectivity index (χ2n) is 11.8. The van der Waals surface area contributed by atoms with Gasteiger partial charge >= 0.3 is 0 Å². The summed E-state index contributed by atoms with van der Waals surface area (Å²) in [7, 11) is 2.15. The molecule has 4 aliphatic carbocycles. The highest BCUT2D eigenvalue weighted by Gasteiger charge is 2.51. The molecule has 0 heterocycles. The Morgan fingerprint density at radius 3 is 1.33 bits per heavy atom. The monoisotopic (exact) mass is 469 g/mol. The summed E-state index contributed by atoms with van der Waals surface area (Å²) >= 11 is 0. The largest absolute Gasteiger partial charge is 0.345 e. The van der Waals surface area contributed by atoms with Crippen molar-refractivity contribution in [1.29, 1.82) is 0 Å². The maximum Gasteiger partial charge on any atom is 0.0408 e. The summed E-state index contributed by atoms with van der Waals surface area (Å²) in [4.78, 5) is 2.26. The molecular weight excluding hydrogens is 434 g/mol.